The van der Waals surface area contributed by atoms with E-state index in [0.717, 1.165) is 10.9 Å². The zero-order valence-electron chi connectivity index (χ0n) is 9.85. The molecule has 3 rings (SSSR count). The summed E-state index contributed by atoms with van der Waals surface area (Å²) in [4.78, 5) is 8.07. The van der Waals surface area contributed by atoms with E-state index in [2.05, 4.69) is 15.1 Å². The van der Waals surface area contributed by atoms with Gasteiger partial charge in [-0.15, -0.1) is 0 Å². The number of aliphatic hydroxyl groups excluding tert-OH is 1. The molecule has 0 saturated carbocycles. The maximum absolute atomic E-state index is 10.3. The Labute approximate surface area is 104 Å². The topological polar surface area (TPSA) is 63.8 Å². The standard InChI is InChI=1S/C13H12N4O/c1-17-11-5-3-2-4-9(11)12(16-17)13(18)10-8-14-6-7-15-10/h2-8,13,18H,1H3. The lowest BCUT2D eigenvalue weighted by atomic mass is 10.1. The molecule has 1 N–H and O–H groups in total. The van der Waals surface area contributed by atoms with Gasteiger partial charge in [0.1, 0.15) is 11.8 Å². The van der Waals surface area contributed by atoms with Crippen molar-refractivity contribution in [3.05, 3.63) is 54.2 Å². The fourth-order valence-corrected chi connectivity index (χ4v) is 2.04. The zero-order chi connectivity index (χ0) is 12.5. The first-order valence-electron chi connectivity index (χ1n) is 5.63. The largest absolute Gasteiger partial charge is 0.380 e. The number of aromatic nitrogens is 4. The number of fused-ring (bicyclic) bond motifs is 1. The summed E-state index contributed by atoms with van der Waals surface area (Å²) in [7, 11) is 1.86. The van der Waals surface area contributed by atoms with Crippen LogP contribution in [0.2, 0.25) is 0 Å². The van der Waals surface area contributed by atoms with Gasteiger partial charge in [0.2, 0.25) is 0 Å². The van der Waals surface area contributed by atoms with Crippen molar-refractivity contribution in [2.75, 3.05) is 0 Å². The summed E-state index contributed by atoms with van der Waals surface area (Å²) in [6.07, 6.45) is 3.83. The second-order valence-electron chi connectivity index (χ2n) is 4.06. The average Bonchev–Trinajstić information content (AvgIpc) is 2.77. The van der Waals surface area contributed by atoms with Crippen LogP contribution in [0.4, 0.5) is 0 Å². The first-order chi connectivity index (χ1) is 8.77. The monoisotopic (exact) mass is 240 g/mol. The summed E-state index contributed by atoms with van der Waals surface area (Å²) in [5.74, 6) is 0. The van der Waals surface area contributed by atoms with E-state index < -0.39 is 6.10 Å². The van der Waals surface area contributed by atoms with Gasteiger partial charge in [0.15, 0.2) is 0 Å². The van der Waals surface area contributed by atoms with E-state index in [1.807, 2.05) is 31.3 Å². The lowest BCUT2D eigenvalue weighted by Crippen LogP contribution is -2.04. The molecular weight excluding hydrogens is 228 g/mol. The molecule has 0 aliphatic heterocycles. The molecular formula is C13H12N4O. The number of aryl methyl sites for hydroxylation is 1. The van der Waals surface area contributed by atoms with Gasteiger partial charge in [0, 0.05) is 24.8 Å². The van der Waals surface area contributed by atoms with Gasteiger partial charge in [-0.25, -0.2) is 0 Å². The number of nitrogens with zero attached hydrogens (tertiary/aromatic N) is 4. The molecule has 0 saturated heterocycles. The van der Waals surface area contributed by atoms with E-state index in [0.29, 0.717) is 11.4 Å². The van der Waals surface area contributed by atoms with Crippen molar-refractivity contribution in [1.82, 2.24) is 19.7 Å². The highest BCUT2D eigenvalue weighted by atomic mass is 16.3. The first-order valence-corrected chi connectivity index (χ1v) is 5.63. The Morgan fingerprint density at radius 1 is 1.22 bits per heavy atom. The molecule has 5 nitrogen and oxygen atoms in total. The maximum atomic E-state index is 10.3. The molecule has 0 fully saturated rings. The van der Waals surface area contributed by atoms with Crippen LogP contribution >= 0.6 is 0 Å². The predicted octanol–water partition coefficient (Wildman–Crippen LogP) is 1.44. The van der Waals surface area contributed by atoms with E-state index in [1.54, 1.807) is 23.3 Å². The Hall–Kier alpha value is -2.27. The van der Waals surface area contributed by atoms with Crippen LogP contribution in [0.1, 0.15) is 17.5 Å². The van der Waals surface area contributed by atoms with Crippen molar-refractivity contribution in [3.63, 3.8) is 0 Å². The Kier molecular flexibility index (Phi) is 2.53. The molecule has 0 amide bonds. The quantitative estimate of drug-likeness (QED) is 0.736. The molecule has 0 bridgehead atoms. The number of benzene rings is 1. The van der Waals surface area contributed by atoms with Crippen LogP contribution in [0.25, 0.3) is 10.9 Å². The molecule has 1 aromatic carbocycles. The fraction of sp³-hybridized carbons (Fsp3) is 0.154. The van der Waals surface area contributed by atoms with Crippen molar-refractivity contribution in [2.45, 2.75) is 6.10 Å². The third-order valence-electron chi connectivity index (χ3n) is 2.91. The zero-order valence-corrected chi connectivity index (χ0v) is 9.85. The molecule has 0 aliphatic rings. The van der Waals surface area contributed by atoms with Gasteiger partial charge in [-0.05, 0) is 6.07 Å². The summed E-state index contributed by atoms with van der Waals surface area (Å²) in [6, 6.07) is 7.78. The summed E-state index contributed by atoms with van der Waals surface area (Å²) >= 11 is 0. The Bertz CT molecular complexity index is 678. The molecule has 18 heavy (non-hydrogen) atoms. The average molecular weight is 240 g/mol. The third-order valence-corrected chi connectivity index (χ3v) is 2.91. The minimum Gasteiger partial charge on any atom is -0.380 e. The number of aliphatic hydroxyl groups is 1. The predicted molar refractivity (Wildman–Crippen MR) is 66.8 cm³/mol. The van der Waals surface area contributed by atoms with E-state index >= 15 is 0 Å². The number of hydrogen-bond acceptors (Lipinski definition) is 4. The van der Waals surface area contributed by atoms with Gasteiger partial charge < -0.3 is 5.11 Å². The fourth-order valence-electron chi connectivity index (χ4n) is 2.04. The van der Waals surface area contributed by atoms with Crippen LogP contribution in [0, 0.1) is 0 Å². The SMILES string of the molecule is Cn1nc(C(O)c2cnccn2)c2ccccc21. The van der Waals surface area contributed by atoms with E-state index in [1.165, 1.54) is 0 Å². The highest BCUT2D eigenvalue weighted by Gasteiger charge is 2.19. The lowest BCUT2D eigenvalue weighted by Gasteiger charge is -2.06. The van der Waals surface area contributed by atoms with E-state index in [9.17, 15) is 5.11 Å². The van der Waals surface area contributed by atoms with Crippen molar-refractivity contribution >= 4 is 10.9 Å². The molecule has 2 heterocycles. The van der Waals surface area contributed by atoms with Gasteiger partial charge in [0.05, 0.1) is 17.4 Å². The normalized spacial score (nSPS) is 12.8. The maximum Gasteiger partial charge on any atom is 0.142 e. The second-order valence-corrected chi connectivity index (χ2v) is 4.06. The van der Waals surface area contributed by atoms with Crippen molar-refractivity contribution in [2.24, 2.45) is 7.05 Å². The highest BCUT2D eigenvalue weighted by Crippen LogP contribution is 2.26. The number of rotatable bonds is 2. The minimum absolute atomic E-state index is 0.501. The minimum atomic E-state index is -0.857. The van der Waals surface area contributed by atoms with E-state index in [-0.39, 0.29) is 0 Å². The molecule has 0 spiro atoms. The molecule has 1 atom stereocenters. The Morgan fingerprint density at radius 3 is 2.83 bits per heavy atom. The number of para-hydroxylation sites is 1. The molecule has 3 aromatic rings. The van der Waals surface area contributed by atoms with Crippen molar-refractivity contribution in [3.8, 4) is 0 Å². The molecule has 0 radical (unpaired) electrons. The van der Waals surface area contributed by atoms with Gasteiger partial charge in [-0.3, -0.25) is 14.6 Å². The van der Waals surface area contributed by atoms with Crippen LogP contribution in [-0.2, 0) is 7.05 Å². The van der Waals surface area contributed by atoms with Crippen LogP contribution in [-0.4, -0.2) is 24.9 Å². The van der Waals surface area contributed by atoms with Crippen LogP contribution in [0.15, 0.2) is 42.9 Å². The molecule has 90 valence electrons. The molecule has 0 aliphatic carbocycles. The number of hydrogen-bond donors (Lipinski definition) is 1. The summed E-state index contributed by atoms with van der Waals surface area (Å²) in [5, 5.41) is 15.6. The Balaban J connectivity index is 2.15. The summed E-state index contributed by atoms with van der Waals surface area (Å²) in [6.45, 7) is 0. The van der Waals surface area contributed by atoms with Gasteiger partial charge >= 0.3 is 0 Å². The van der Waals surface area contributed by atoms with Crippen LogP contribution < -0.4 is 0 Å². The third kappa shape index (κ3) is 1.65. The van der Waals surface area contributed by atoms with Crippen LogP contribution in [0.3, 0.4) is 0 Å². The van der Waals surface area contributed by atoms with Crippen LogP contribution in [0.5, 0.6) is 0 Å². The smallest absolute Gasteiger partial charge is 0.142 e. The summed E-state index contributed by atoms with van der Waals surface area (Å²) < 4.78 is 1.75. The van der Waals surface area contributed by atoms with Crippen molar-refractivity contribution < 1.29 is 5.11 Å². The molecule has 2 aromatic heterocycles. The van der Waals surface area contributed by atoms with Crippen molar-refractivity contribution in [1.29, 1.82) is 0 Å². The van der Waals surface area contributed by atoms with Gasteiger partial charge in [-0.1, -0.05) is 18.2 Å². The van der Waals surface area contributed by atoms with Gasteiger partial charge in [-0.2, -0.15) is 5.10 Å². The summed E-state index contributed by atoms with van der Waals surface area (Å²) in [5.41, 5.74) is 2.09. The Morgan fingerprint density at radius 2 is 2.06 bits per heavy atom. The first kappa shape index (κ1) is 10.9. The van der Waals surface area contributed by atoms with Gasteiger partial charge in [0.25, 0.3) is 0 Å². The molecule has 1 unspecified atom stereocenters. The molecule has 5 heteroatoms. The highest BCUT2D eigenvalue weighted by molar-refractivity contribution is 5.82. The lowest BCUT2D eigenvalue weighted by molar-refractivity contribution is 0.210. The van der Waals surface area contributed by atoms with E-state index in [4.69, 9.17) is 0 Å². The second kappa shape index (κ2) is 4.19.